The molecule has 0 aliphatic carbocycles. The molecule has 2 aromatic carbocycles. The largest absolute Gasteiger partial charge is 0.493 e. The number of ether oxygens (including phenoxy) is 2. The smallest absolute Gasteiger partial charge is 0.274 e. The van der Waals surface area contributed by atoms with Gasteiger partial charge < -0.3 is 14.5 Å². The van der Waals surface area contributed by atoms with Crippen LogP contribution in [0.1, 0.15) is 21.6 Å². The van der Waals surface area contributed by atoms with E-state index in [1.54, 1.807) is 44.0 Å². The Kier molecular flexibility index (Phi) is 5.71. The number of para-hydroxylation sites is 1. The number of hydrogen-bond donors (Lipinski definition) is 2. The summed E-state index contributed by atoms with van der Waals surface area (Å²) in [5, 5.41) is 9.17. The number of aromatic nitrogens is 3. The predicted octanol–water partition coefficient (Wildman–Crippen LogP) is 2.80. The highest BCUT2D eigenvalue weighted by Crippen LogP contribution is 2.27. The maximum atomic E-state index is 12.7. The van der Waals surface area contributed by atoms with E-state index in [1.807, 2.05) is 24.3 Å². The zero-order valence-corrected chi connectivity index (χ0v) is 17.7. The first-order valence-electron chi connectivity index (χ1n) is 9.74. The zero-order valence-electron chi connectivity index (χ0n) is 17.7. The van der Waals surface area contributed by atoms with Crippen molar-refractivity contribution in [2.75, 3.05) is 14.2 Å². The number of aromatic amines is 1. The van der Waals surface area contributed by atoms with Gasteiger partial charge in [0.2, 0.25) is 0 Å². The summed E-state index contributed by atoms with van der Waals surface area (Å²) in [6.45, 7) is 1.76. The summed E-state index contributed by atoms with van der Waals surface area (Å²) in [7, 11) is 3.10. The van der Waals surface area contributed by atoms with E-state index in [2.05, 4.69) is 20.6 Å². The van der Waals surface area contributed by atoms with Crippen LogP contribution in [0, 0.1) is 6.92 Å². The molecule has 0 bridgehead atoms. The normalized spacial score (nSPS) is 11.1. The van der Waals surface area contributed by atoms with E-state index in [-0.39, 0.29) is 5.56 Å². The van der Waals surface area contributed by atoms with Gasteiger partial charge in [0.1, 0.15) is 0 Å². The van der Waals surface area contributed by atoms with Gasteiger partial charge in [-0.3, -0.25) is 9.59 Å². The zero-order chi connectivity index (χ0) is 22.7. The van der Waals surface area contributed by atoms with Crippen LogP contribution in [0.5, 0.6) is 11.5 Å². The van der Waals surface area contributed by atoms with Gasteiger partial charge in [-0.2, -0.15) is 10.2 Å². The Hall–Kier alpha value is -4.40. The van der Waals surface area contributed by atoms with Gasteiger partial charge in [0.05, 0.1) is 49.1 Å². The number of nitrogens with zero attached hydrogens (tertiary/aromatic N) is 3. The van der Waals surface area contributed by atoms with E-state index in [0.717, 1.165) is 10.9 Å². The molecule has 0 fully saturated rings. The van der Waals surface area contributed by atoms with Gasteiger partial charge in [0.15, 0.2) is 11.5 Å². The van der Waals surface area contributed by atoms with Crippen molar-refractivity contribution in [2.24, 2.45) is 5.10 Å². The summed E-state index contributed by atoms with van der Waals surface area (Å²) in [4.78, 5) is 27.5. The fourth-order valence-electron chi connectivity index (χ4n) is 3.40. The number of methoxy groups -OCH3 is 2. The van der Waals surface area contributed by atoms with Gasteiger partial charge in [-0.05, 0) is 36.8 Å². The maximum absolute atomic E-state index is 12.7. The molecular formula is C23H21N5O4. The minimum atomic E-state index is -0.417. The van der Waals surface area contributed by atoms with Gasteiger partial charge in [-0.15, -0.1) is 0 Å². The molecule has 4 aromatic rings. The van der Waals surface area contributed by atoms with Gasteiger partial charge in [-0.1, -0.05) is 18.2 Å². The van der Waals surface area contributed by atoms with E-state index >= 15 is 0 Å². The maximum Gasteiger partial charge on any atom is 0.274 e. The van der Waals surface area contributed by atoms with Crippen molar-refractivity contribution in [3.8, 4) is 17.2 Å². The number of fused-ring (bicyclic) bond motifs is 1. The Morgan fingerprint density at radius 1 is 1.12 bits per heavy atom. The fourth-order valence-corrected chi connectivity index (χ4v) is 3.40. The lowest BCUT2D eigenvalue weighted by molar-refractivity contribution is 0.0954. The van der Waals surface area contributed by atoms with Crippen molar-refractivity contribution in [1.82, 2.24) is 20.2 Å². The molecule has 0 atom stereocenters. The van der Waals surface area contributed by atoms with Crippen LogP contribution in [-0.2, 0) is 0 Å². The third kappa shape index (κ3) is 3.95. The standard InChI is InChI=1S/C23H21N5O4/c1-14-17(23(30)27-24-12-15-8-9-20(31-2)21(10-15)32-3)13-25-28(14)19-11-22(29)26-18-7-5-4-6-16(18)19/h4-13H,1-3H3,(H,26,29)(H,27,30)/b24-12-. The minimum Gasteiger partial charge on any atom is -0.493 e. The van der Waals surface area contributed by atoms with E-state index < -0.39 is 5.91 Å². The molecule has 162 valence electrons. The summed E-state index contributed by atoms with van der Waals surface area (Å²) in [6.07, 6.45) is 2.95. The Morgan fingerprint density at radius 3 is 2.69 bits per heavy atom. The van der Waals surface area contributed by atoms with Gasteiger partial charge in [0, 0.05) is 11.5 Å². The van der Waals surface area contributed by atoms with Crippen molar-refractivity contribution in [1.29, 1.82) is 0 Å². The molecule has 0 aliphatic rings. The third-order valence-corrected chi connectivity index (χ3v) is 5.00. The average Bonchev–Trinajstić information content (AvgIpc) is 3.19. The first-order valence-corrected chi connectivity index (χ1v) is 9.74. The van der Waals surface area contributed by atoms with Crippen LogP contribution in [0.3, 0.4) is 0 Å². The molecule has 0 saturated heterocycles. The van der Waals surface area contributed by atoms with Gasteiger partial charge in [-0.25, -0.2) is 10.1 Å². The summed E-state index contributed by atoms with van der Waals surface area (Å²) >= 11 is 0. The molecule has 32 heavy (non-hydrogen) atoms. The lowest BCUT2D eigenvalue weighted by atomic mass is 10.2. The molecule has 0 aliphatic heterocycles. The van der Waals surface area contributed by atoms with E-state index in [1.165, 1.54) is 18.5 Å². The Morgan fingerprint density at radius 2 is 1.91 bits per heavy atom. The number of carbonyl (C=O) groups excluding carboxylic acids is 1. The van der Waals surface area contributed by atoms with Crippen LogP contribution in [-0.4, -0.2) is 41.1 Å². The Bertz CT molecular complexity index is 1390. The fraction of sp³-hybridized carbons (Fsp3) is 0.130. The highest BCUT2D eigenvalue weighted by atomic mass is 16.5. The quantitative estimate of drug-likeness (QED) is 0.360. The first kappa shape index (κ1) is 20.9. The van der Waals surface area contributed by atoms with E-state index in [4.69, 9.17) is 9.47 Å². The topological polar surface area (TPSA) is 111 Å². The summed E-state index contributed by atoms with van der Waals surface area (Å²) in [5.41, 5.74) is 5.19. The third-order valence-electron chi connectivity index (χ3n) is 5.00. The van der Waals surface area contributed by atoms with Gasteiger partial charge >= 0.3 is 0 Å². The number of benzene rings is 2. The second-order valence-corrected chi connectivity index (χ2v) is 6.93. The van der Waals surface area contributed by atoms with Crippen LogP contribution in [0.4, 0.5) is 0 Å². The summed E-state index contributed by atoms with van der Waals surface area (Å²) < 4.78 is 12.0. The minimum absolute atomic E-state index is 0.251. The molecular weight excluding hydrogens is 410 g/mol. The average molecular weight is 431 g/mol. The molecule has 2 aromatic heterocycles. The summed E-state index contributed by atoms with van der Waals surface area (Å²) in [5.74, 6) is 0.744. The van der Waals surface area contributed by atoms with Crippen molar-refractivity contribution in [3.63, 3.8) is 0 Å². The number of rotatable bonds is 6. The number of pyridine rings is 1. The number of hydrazone groups is 1. The van der Waals surface area contributed by atoms with E-state index in [0.29, 0.717) is 34.0 Å². The second kappa shape index (κ2) is 8.76. The van der Waals surface area contributed by atoms with Gasteiger partial charge in [0.25, 0.3) is 11.5 Å². The summed E-state index contributed by atoms with van der Waals surface area (Å²) in [6, 6.07) is 14.2. The van der Waals surface area contributed by atoms with Crippen LogP contribution in [0.15, 0.2) is 64.6 Å². The van der Waals surface area contributed by atoms with Crippen LogP contribution in [0.25, 0.3) is 16.6 Å². The van der Waals surface area contributed by atoms with Crippen molar-refractivity contribution < 1.29 is 14.3 Å². The number of carbonyl (C=O) groups is 1. The number of nitrogens with one attached hydrogen (secondary N) is 2. The van der Waals surface area contributed by atoms with Crippen molar-refractivity contribution in [3.05, 3.63) is 81.9 Å². The first-order chi connectivity index (χ1) is 15.5. The molecule has 9 nitrogen and oxygen atoms in total. The monoisotopic (exact) mass is 431 g/mol. The number of amides is 1. The van der Waals surface area contributed by atoms with Crippen LogP contribution >= 0.6 is 0 Å². The van der Waals surface area contributed by atoms with Crippen molar-refractivity contribution in [2.45, 2.75) is 6.92 Å². The van der Waals surface area contributed by atoms with Crippen LogP contribution < -0.4 is 20.5 Å². The molecule has 2 N–H and O–H groups in total. The SMILES string of the molecule is COc1ccc(/C=N\NC(=O)c2cnn(-c3cc(=O)[nH]c4ccccc34)c2C)cc1OC. The lowest BCUT2D eigenvalue weighted by Crippen LogP contribution is -2.18. The predicted molar refractivity (Wildman–Crippen MR) is 121 cm³/mol. The highest BCUT2D eigenvalue weighted by Gasteiger charge is 2.16. The molecule has 2 heterocycles. The lowest BCUT2D eigenvalue weighted by Gasteiger charge is -2.09. The molecule has 0 spiro atoms. The molecule has 1 amide bonds. The van der Waals surface area contributed by atoms with Crippen LogP contribution in [0.2, 0.25) is 0 Å². The molecule has 0 radical (unpaired) electrons. The number of H-pyrrole nitrogens is 1. The molecule has 0 unspecified atom stereocenters. The molecule has 0 saturated carbocycles. The highest BCUT2D eigenvalue weighted by molar-refractivity contribution is 5.96. The Balaban J connectivity index is 1.57. The molecule has 9 heteroatoms. The van der Waals surface area contributed by atoms with Crippen molar-refractivity contribution >= 4 is 23.0 Å². The molecule has 4 rings (SSSR count). The number of hydrogen-bond acceptors (Lipinski definition) is 6. The second-order valence-electron chi connectivity index (χ2n) is 6.93. The van der Waals surface area contributed by atoms with E-state index in [9.17, 15) is 9.59 Å². The Labute approximate surface area is 183 Å².